The zero-order chi connectivity index (χ0) is 0. The summed E-state index contributed by atoms with van der Waals surface area (Å²) in [6.07, 6.45) is 0. The number of hydrogen-bond acceptors (Lipinski definition) is 0. The molecule has 0 unspecified atom stereocenters. The van der Waals surface area contributed by atoms with Gasteiger partial charge in [-0.1, -0.05) is 0 Å². The first-order chi connectivity index (χ1) is 0. The summed E-state index contributed by atoms with van der Waals surface area (Å²) in [6.45, 7) is 0. The van der Waals surface area contributed by atoms with Crippen LogP contribution in [0.4, 0.5) is 0 Å². The van der Waals surface area contributed by atoms with Gasteiger partial charge in [-0.3, -0.25) is 0 Å². The van der Waals surface area contributed by atoms with Gasteiger partial charge in [0.05, 0.1) is 0 Å². The molecule has 31 valence electrons. The summed E-state index contributed by atoms with van der Waals surface area (Å²) in [7, 11) is 0. The van der Waals surface area contributed by atoms with Crippen LogP contribution >= 0.6 is 0 Å². The molecule has 0 amide bonds. The third-order valence-electron chi connectivity index (χ3n) is 0. The monoisotopic (exact) mass is 225 g/mol. The van der Waals surface area contributed by atoms with Crippen LogP contribution in [0.2, 0.25) is 0 Å². The largest absolute Gasteiger partial charge is 0.412 e. The Morgan fingerprint density at radius 2 is 1.00 bits per heavy atom. The van der Waals surface area contributed by atoms with Gasteiger partial charge in [0.15, 0.2) is 0 Å². The van der Waals surface area contributed by atoms with E-state index in [4.69, 9.17) is 0 Å². The van der Waals surface area contributed by atoms with Gasteiger partial charge in [0.2, 0.25) is 0 Å². The summed E-state index contributed by atoms with van der Waals surface area (Å²) in [5.41, 5.74) is 0. The molecular formula is H2CoNiOZr. The molecule has 0 atom stereocenters. The molecule has 4 heavy (non-hydrogen) atoms. The van der Waals surface area contributed by atoms with Gasteiger partial charge in [-0.2, -0.15) is 0 Å². The van der Waals surface area contributed by atoms with Crippen molar-refractivity contribution in [3.8, 4) is 0 Å². The van der Waals surface area contributed by atoms with Crippen molar-refractivity contribution < 1.29 is 64.9 Å². The van der Waals surface area contributed by atoms with E-state index in [1.165, 1.54) is 0 Å². The topological polar surface area (TPSA) is 31.5 Å². The van der Waals surface area contributed by atoms with E-state index in [9.17, 15) is 0 Å². The molecule has 1 radical (unpaired) electrons. The van der Waals surface area contributed by atoms with Crippen molar-refractivity contribution in [1.82, 2.24) is 0 Å². The molecule has 0 saturated carbocycles. The van der Waals surface area contributed by atoms with Crippen LogP contribution in [0.3, 0.4) is 0 Å². The maximum Gasteiger partial charge on any atom is 0 e. The second-order valence-electron chi connectivity index (χ2n) is 0. The summed E-state index contributed by atoms with van der Waals surface area (Å²) >= 11 is 0. The molecule has 1 nitrogen and oxygen atoms in total. The van der Waals surface area contributed by atoms with Crippen LogP contribution in [0.25, 0.3) is 0 Å². The standard InChI is InChI=1S/Co.Ni.H2O.Zr/h;;1H2;. The zero-order valence-corrected chi connectivity index (χ0v) is 6.14. The van der Waals surface area contributed by atoms with Crippen LogP contribution in [-0.2, 0) is 59.5 Å². The Morgan fingerprint density at radius 3 is 1.00 bits per heavy atom. The normalized spacial score (nSPS) is 0. The first-order valence-corrected chi connectivity index (χ1v) is 0. The number of hydrogen-bond donors (Lipinski definition) is 0. The van der Waals surface area contributed by atoms with Gasteiger partial charge < -0.3 is 5.48 Å². The molecule has 2 N–H and O–H groups in total. The summed E-state index contributed by atoms with van der Waals surface area (Å²) in [4.78, 5) is 0. The SMILES string of the molecule is O.[Co].[Ni].[Zr]. The summed E-state index contributed by atoms with van der Waals surface area (Å²) < 4.78 is 0. The van der Waals surface area contributed by atoms with E-state index in [2.05, 4.69) is 0 Å². The average Bonchev–Trinajstić information content (AvgIpc) is 0. The Hall–Kier alpha value is 1.84. The predicted molar refractivity (Wildman–Crippen MR) is 3.61 cm³/mol. The molecule has 0 spiro atoms. The predicted octanol–water partition coefficient (Wildman–Crippen LogP) is -0.832. The van der Waals surface area contributed by atoms with Crippen LogP contribution in [0.5, 0.6) is 0 Å². The van der Waals surface area contributed by atoms with Crippen LogP contribution < -0.4 is 0 Å². The molecule has 0 aliphatic carbocycles. The van der Waals surface area contributed by atoms with E-state index in [0.29, 0.717) is 0 Å². The second-order valence-corrected chi connectivity index (χ2v) is 0. The maximum absolute atomic E-state index is 0. The summed E-state index contributed by atoms with van der Waals surface area (Å²) in [5.74, 6) is 0. The fourth-order valence-corrected chi connectivity index (χ4v) is 0. The van der Waals surface area contributed by atoms with Gasteiger partial charge in [-0.05, 0) is 0 Å². The van der Waals surface area contributed by atoms with Gasteiger partial charge in [-0.15, -0.1) is 0 Å². The molecule has 0 saturated heterocycles. The second kappa shape index (κ2) is 21.1. The maximum atomic E-state index is 0. The molecule has 0 rings (SSSR count). The molecule has 4 heteroatoms. The van der Waals surface area contributed by atoms with E-state index < -0.39 is 0 Å². The van der Waals surface area contributed by atoms with Gasteiger partial charge in [-0.25, -0.2) is 0 Å². The molecule has 0 bridgehead atoms. The van der Waals surface area contributed by atoms with Gasteiger partial charge in [0.25, 0.3) is 0 Å². The first-order valence-electron chi connectivity index (χ1n) is 0. The zero-order valence-electron chi connectivity index (χ0n) is 1.65. The molecule has 0 aliphatic heterocycles. The quantitative estimate of drug-likeness (QED) is 0.483. The third kappa shape index (κ3) is 9.14. The minimum absolute atomic E-state index is 0. The van der Waals surface area contributed by atoms with Crippen molar-refractivity contribution >= 4 is 0 Å². The van der Waals surface area contributed by atoms with E-state index in [1.807, 2.05) is 0 Å². The van der Waals surface area contributed by atoms with Gasteiger partial charge in [0.1, 0.15) is 0 Å². The Bertz CT molecular complexity index is 8.00. The van der Waals surface area contributed by atoms with Crippen molar-refractivity contribution in [3.63, 3.8) is 0 Å². The molecule has 0 aromatic rings. The molecule has 0 heterocycles. The summed E-state index contributed by atoms with van der Waals surface area (Å²) in [6, 6.07) is 0. The Balaban J connectivity index is 0. The van der Waals surface area contributed by atoms with Crippen LogP contribution in [-0.4, -0.2) is 5.48 Å². The molecular weight excluding hydrogens is 225 g/mol. The van der Waals surface area contributed by atoms with Crippen molar-refractivity contribution in [1.29, 1.82) is 0 Å². The van der Waals surface area contributed by atoms with Crippen molar-refractivity contribution in [2.24, 2.45) is 0 Å². The Kier molecular flexibility index (Phi) is 212. The van der Waals surface area contributed by atoms with E-state index in [-0.39, 0.29) is 64.9 Å². The van der Waals surface area contributed by atoms with Crippen molar-refractivity contribution in [2.75, 3.05) is 0 Å². The minimum atomic E-state index is 0. The third-order valence-corrected chi connectivity index (χ3v) is 0. The fourth-order valence-electron chi connectivity index (χ4n) is 0. The van der Waals surface area contributed by atoms with Crippen molar-refractivity contribution in [3.05, 3.63) is 0 Å². The van der Waals surface area contributed by atoms with Gasteiger partial charge >= 0.3 is 0 Å². The Labute approximate surface area is 64.5 Å². The average molecular weight is 227 g/mol. The van der Waals surface area contributed by atoms with Crippen LogP contribution in [0.1, 0.15) is 0 Å². The van der Waals surface area contributed by atoms with Crippen LogP contribution in [0.15, 0.2) is 0 Å². The molecule has 0 aromatic carbocycles. The van der Waals surface area contributed by atoms with E-state index >= 15 is 0 Å². The Morgan fingerprint density at radius 1 is 1.00 bits per heavy atom. The van der Waals surface area contributed by atoms with Gasteiger partial charge in [0, 0.05) is 59.5 Å². The number of rotatable bonds is 0. The van der Waals surface area contributed by atoms with Crippen molar-refractivity contribution in [2.45, 2.75) is 0 Å². The minimum Gasteiger partial charge on any atom is -0.412 e. The summed E-state index contributed by atoms with van der Waals surface area (Å²) in [5, 5.41) is 0. The molecule has 0 aliphatic rings. The first kappa shape index (κ1) is 40.3. The molecule has 0 fully saturated rings. The molecule has 0 aromatic heterocycles. The van der Waals surface area contributed by atoms with Crippen LogP contribution in [0, 0.1) is 0 Å². The fraction of sp³-hybridized carbons (Fsp3) is 0. The smallest absolute Gasteiger partial charge is 0 e. The van der Waals surface area contributed by atoms with E-state index in [0.717, 1.165) is 0 Å². The van der Waals surface area contributed by atoms with E-state index in [1.54, 1.807) is 0 Å².